The van der Waals surface area contributed by atoms with Gasteiger partial charge in [0.25, 0.3) is 0 Å². The fourth-order valence-electron chi connectivity index (χ4n) is 1.98. The van der Waals surface area contributed by atoms with Gasteiger partial charge in [0, 0.05) is 13.5 Å². The van der Waals surface area contributed by atoms with Crippen LogP contribution in [0.4, 0.5) is 0 Å². The molecule has 0 amide bonds. The molecule has 0 aliphatic carbocycles. The summed E-state index contributed by atoms with van der Waals surface area (Å²) in [7, 11) is 1.65. The molecule has 1 unspecified atom stereocenters. The van der Waals surface area contributed by atoms with Gasteiger partial charge in [0.15, 0.2) is 0 Å². The number of carboxylic acids is 1. The number of aromatic carboxylic acids is 1. The van der Waals surface area contributed by atoms with E-state index < -0.39 is 11.9 Å². The van der Waals surface area contributed by atoms with Gasteiger partial charge in [-0.3, -0.25) is 0 Å². The molecule has 132 valence electrons. The lowest BCUT2D eigenvalue weighted by Gasteiger charge is -2.11. The number of ether oxygens (including phenoxy) is 3. The molecule has 2 aromatic carbocycles. The SMILES string of the molecule is COC(C)CCOc1ccc(C(=O)Oc2ccc(C(=O)O)cc2)cc1. The Labute approximate surface area is 146 Å². The zero-order chi connectivity index (χ0) is 18.2. The number of hydrogen-bond acceptors (Lipinski definition) is 5. The number of rotatable bonds is 8. The van der Waals surface area contributed by atoms with Crippen molar-refractivity contribution in [3.63, 3.8) is 0 Å². The minimum atomic E-state index is -1.03. The van der Waals surface area contributed by atoms with E-state index in [9.17, 15) is 9.59 Å². The molecule has 0 aromatic heterocycles. The Morgan fingerprint density at radius 2 is 1.52 bits per heavy atom. The van der Waals surface area contributed by atoms with Gasteiger partial charge >= 0.3 is 11.9 Å². The minimum absolute atomic E-state index is 0.127. The van der Waals surface area contributed by atoms with Gasteiger partial charge in [-0.05, 0) is 55.5 Å². The molecular formula is C19H20O6. The predicted molar refractivity (Wildman–Crippen MR) is 91.4 cm³/mol. The van der Waals surface area contributed by atoms with E-state index in [2.05, 4.69) is 0 Å². The van der Waals surface area contributed by atoms with Crippen LogP contribution in [-0.4, -0.2) is 36.9 Å². The maximum Gasteiger partial charge on any atom is 0.343 e. The summed E-state index contributed by atoms with van der Waals surface area (Å²) in [5, 5.41) is 8.84. The van der Waals surface area contributed by atoms with Crippen LogP contribution in [0.5, 0.6) is 11.5 Å². The Morgan fingerprint density at radius 3 is 2.08 bits per heavy atom. The van der Waals surface area contributed by atoms with E-state index in [4.69, 9.17) is 19.3 Å². The highest BCUT2D eigenvalue weighted by Crippen LogP contribution is 2.17. The summed E-state index contributed by atoms with van der Waals surface area (Å²) in [5.41, 5.74) is 0.504. The van der Waals surface area contributed by atoms with Crippen molar-refractivity contribution < 1.29 is 28.9 Å². The average molecular weight is 344 g/mol. The Bertz CT molecular complexity index is 706. The van der Waals surface area contributed by atoms with Crippen molar-refractivity contribution in [1.82, 2.24) is 0 Å². The number of methoxy groups -OCH3 is 1. The monoisotopic (exact) mass is 344 g/mol. The Balaban J connectivity index is 1.90. The van der Waals surface area contributed by atoms with E-state index in [0.717, 1.165) is 6.42 Å². The molecule has 0 saturated carbocycles. The summed E-state index contributed by atoms with van der Waals surface area (Å²) < 4.78 is 15.9. The number of hydrogen-bond donors (Lipinski definition) is 1. The van der Waals surface area contributed by atoms with Crippen LogP contribution in [0.2, 0.25) is 0 Å². The average Bonchev–Trinajstić information content (AvgIpc) is 2.62. The third-order valence-electron chi connectivity index (χ3n) is 3.60. The van der Waals surface area contributed by atoms with E-state index >= 15 is 0 Å². The molecule has 1 atom stereocenters. The molecule has 2 aromatic rings. The van der Waals surface area contributed by atoms with Gasteiger partial charge in [-0.25, -0.2) is 9.59 Å². The lowest BCUT2D eigenvalue weighted by atomic mass is 10.2. The van der Waals surface area contributed by atoms with Crippen LogP contribution in [0.3, 0.4) is 0 Å². The van der Waals surface area contributed by atoms with Crippen LogP contribution in [0, 0.1) is 0 Å². The van der Waals surface area contributed by atoms with E-state index in [-0.39, 0.29) is 17.4 Å². The first-order valence-corrected chi connectivity index (χ1v) is 7.81. The summed E-state index contributed by atoms with van der Waals surface area (Å²) in [6, 6.07) is 12.3. The number of carbonyl (C=O) groups is 2. The number of esters is 1. The van der Waals surface area contributed by atoms with Crippen LogP contribution in [0.1, 0.15) is 34.1 Å². The molecule has 25 heavy (non-hydrogen) atoms. The van der Waals surface area contributed by atoms with Crippen molar-refractivity contribution in [2.45, 2.75) is 19.4 Å². The second kappa shape index (κ2) is 8.84. The van der Waals surface area contributed by atoms with Gasteiger partial charge in [-0.1, -0.05) is 0 Å². The maximum atomic E-state index is 12.1. The minimum Gasteiger partial charge on any atom is -0.493 e. The summed E-state index contributed by atoms with van der Waals surface area (Å²) in [6.45, 7) is 2.49. The van der Waals surface area contributed by atoms with Crippen LogP contribution in [0.25, 0.3) is 0 Å². The van der Waals surface area contributed by atoms with Gasteiger partial charge in [-0.15, -0.1) is 0 Å². The van der Waals surface area contributed by atoms with Crippen molar-refractivity contribution >= 4 is 11.9 Å². The highest BCUT2D eigenvalue weighted by Gasteiger charge is 2.10. The van der Waals surface area contributed by atoms with E-state index in [1.807, 2.05) is 6.92 Å². The zero-order valence-electron chi connectivity index (χ0n) is 14.1. The van der Waals surface area contributed by atoms with Gasteiger partial charge < -0.3 is 19.3 Å². The fourth-order valence-corrected chi connectivity index (χ4v) is 1.98. The first kappa shape index (κ1) is 18.5. The van der Waals surface area contributed by atoms with Gasteiger partial charge in [0.1, 0.15) is 11.5 Å². The second-order valence-electron chi connectivity index (χ2n) is 5.43. The molecule has 0 spiro atoms. The zero-order valence-corrected chi connectivity index (χ0v) is 14.1. The molecule has 0 aliphatic rings. The second-order valence-corrected chi connectivity index (χ2v) is 5.43. The Kier molecular flexibility index (Phi) is 6.54. The maximum absolute atomic E-state index is 12.1. The molecule has 6 heteroatoms. The fraction of sp³-hybridized carbons (Fsp3) is 0.263. The van der Waals surface area contributed by atoms with Gasteiger partial charge in [0.2, 0.25) is 0 Å². The lowest BCUT2D eigenvalue weighted by molar-refractivity contribution is 0.0696. The van der Waals surface area contributed by atoms with E-state index in [1.165, 1.54) is 24.3 Å². The largest absolute Gasteiger partial charge is 0.493 e. The van der Waals surface area contributed by atoms with Gasteiger partial charge in [-0.2, -0.15) is 0 Å². The smallest absolute Gasteiger partial charge is 0.343 e. The Morgan fingerprint density at radius 1 is 0.960 bits per heavy atom. The van der Waals surface area contributed by atoms with E-state index in [1.54, 1.807) is 31.4 Å². The molecule has 2 rings (SSSR count). The van der Waals surface area contributed by atoms with Crippen LogP contribution >= 0.6 is 0 Å². The molecule has 0 aliphatic heterocycles. The first-order chi connectivity index (χ1) is 12.0. The standard InChI is InChI=1S/C19H20O6/c1-13(23-2)11-12-24-16-7-5-15(6-8-16)19(22)25-17-9-3-14(4-10-17)18(20)21/h3-10,13H,11-12H2,1-2H3,(H,20,21). The number of carbonyl (C=O) groups excluding carboxylic acids is 1. The molecule has 0 saturated heterocycles. The van der Waals surface area contributed by atoms with E-state index in [0.29, 0.717) is 17.9 Å². The van der Waals surface area contributed by atoms with Crippen molar-refractivity contribution in [2.75, 3.05) is 13.7 Å². The molecule has 1 N–H and O–H groups in total. The first-order valence-electron chi connectivity index (χ1n) is 7.81. The molecule has 0 heterocycles. The van der Waals surface area contributed by atoms with Crippen molar-refractivity contribution in [1.29, 1.82) is 0 Å². The summed E-state index contributed by atoms with van der Waals surface area (Å²) >= 11 is 0. The van der Waals surface area contributed by atoms with Crippen LogP contribution < -0.4 is 9.47 Å². The molecule has 0 bridgehead atoms. The predicted octanol–water partition coefficient (Wildman–Crippen LogP) is 3.41. The topological polar surface area (TPSA) is 82.1 Å². The third-order valence-corrected chi connectivity index (χ3v) is 3.60. The van der Waals surface area contributed by atoms with Gasteiger partial charge in [0.05, 0.1) is 23.8 Å². The summed E-state index contributed by atoms with van der Waals surface area (Å²) in [5.74, 6) is -0.620. The summed E-state index contributed by atoms with van der Waals surface area (Å²) in [4.78, 5) is 22.9. The Hall–Kier alpha value is -2.86. The summed E-state index contributed by atoms with van der Waals surface area (Å²) in [6.07, 6.45) is 0.897. The lowest BCUT2D eigenvalue weighted by Crippen LogP contribution is -2.11. The number of benzene rings is 2. The quantitative estimate of drug-likeness (QED) is 0.584. The highest BCUT2D eigenvalue weighted by molar-refractivity contribution is 5.91. The molecule has 0 fully saturated rings. The molecular weight excluding hydrogens is 324 g/mol. The van der Waals surface area contributed by atoms with Crippen molar-refractivity contribution in [2.24, 2.45) is 0 Å². The normalized spacial score (nSPS) is 11.6. The molecule has 0 radical (unpaired) electrons. The molecule has 6 nitrogen and oxygen atoms in total. The van der Waals surface area contributed by atoms with Crippen LogP contribution in [-0.2, 0) is 4.74 Å². The highest BCUT2D eigenvalue weighted by atomic mass is 16.5. The third kappa shape index (κ3) is 5.61. The number of carboxylic acid groups (broad SMARTS) is 1. The van der Waals surface area contributed by atoms with Crippen molar-refractivity contribution in [3.05, 3.63) is 59.7 Å². The van der Waals surface area contributed by atoms with Crippen LogP contribution in [0.15, 0.2) is 48.5 Å². The van der Waals surface area contributed by atoms with Crippen molar-refractivity contribution in [3.8, 4) is 11.5 Å².